The van der Waals surface area contributed by atoms with Crippen LogP contribution < -0.4 is 16.3 Å². The number of amides is 1. The molecule has 4 bridgehead atoms. The molecule has 4 saturated carbocycles. The van der Waals surface area contributed by atoms with Crippen molar-refractivity contribution in [3.05, 3.63) is 90.5 Å². The molecule has 0 radical (unpaired) electrons. The van der Waals surface area contributed by atoms with Gasteiger partial charge < -0.3 is 5.11 Å². The zero-order valence-corrected chi connectivity index (χ0v) is 23.6. The molecule has 0 spiro atoms. The fourth-order valence-electron chi connectivity index (χ4n) is 7.92. The number of hydrazone groups is 1. The molecule has 0 atom stereocenters. The molecule has 0 unspecified atom stereocenters. The van der Waals surface area contributed by atoms with Gasteiger partial charge in [0.05, 0.1) is 22.7 Å². The number of benzene rings is 2. The van der Waals surface area contributed by atoms with Gasteiger partial charge in [0.2, 0.25) is 5.88 Å². The van der Waals surface area contributed by atoms with Crippen molar-refractivity contribution in [3.8, 4) is 11.6 Å². The van der Waals surface area contributed by atoms with Gasteiger partial charge in [-0.25, -0.2) is 9.36 Å². The molecule has 2 N–H and O–H groups in total. The predicted molar refractivity (Wildman–Crippen MR) is 157 cm³/mol. The number of hydrogen-bond acceptors (Lipinski definition) is 5. The van der Waals surface area contributed by atoms with E-state index in [4.69, 9.17) is 0 Å². The number of nitrogens with one attached hydrogen (secondary N) is 1. The normalized spacial score (nSPS) is 28.0. The Hall–Kier alpha value is -3.72. The first-order valence-corrected chi connectivity index (χ1v) is 14.6. The van der Waals surface area contributed by atoms with Gasteiger partial charge in [-0.15, -0.1) is 0 Å². The second kappa shape index (κ2) is 9.16. The zero-order chi connectivity index (χ0) is 27.8. The highest BCUT2D eigenvalue weighted by atomic mass is 79.9. The highest BCUT2D eigenvalue weighted by molar-refractivity contribution is 9.10. The standard InChI is InChI=1S/C31H29BrN4O4/c1-17-25(29(39)36(34-17)24-8-4-22(32)5-9-24)13-26-27(37)33-30(40)35(28(26)38)23-6-2-21(3-7-23)31-14-18-10-19(15-31)12-20(11-18)16-31/h2-9,13,18-20,38H,10-12,14-16H2,1H3,(H,33,37,40)/b25-13+. The first-order chi connectivity index (χ1) is 19.2. The number of anilines is 1. The second-order valence-electron chi connectivity index (χ2n) is 11.9. The summed E-state index contributed by atoms with van der Waals surface area (Å²) < 4.78 is 1.94. The van der Waals surface area contributed by atoms with Crippen LogP contribution in [0.4, 0.5) is 5.69 Å². The third kappa shape index (κ3) is 4.01. The van der Waals surface area contributed by atoms with Crippen molar-refractivity contribution in [2.45, 2.75) is 50.9 Å². The number of H-pyrrole nitrogens is 1. The van der Waals surface area contributed by atoms with Crippen molar-refractivity contribution in [2.24, 2.45) is 22.9 Å². The molecule has 1 amide bonds. The van der Waals surface area contributed by atoms with Crippen molar-refractivity contribution >= 4 is 39.3 Å². The van der Waals surface area contributed by atoms with E-state index in [1.807, 2.05) is 12.1 Å². The fourth-order valence-corrected chi connectivity index (χ4v) is 8.19. The molecule has 5 aliphatic rings. The summed E-state index contributed by atoms with van der Waals surface area (Å²) >= 11 is 3.38. The number of carbonyl (C=O) groups is 1. The van der Waals surface area contributed by atoms with Crippen LogP contribution in [0.5, 0.6) is 5.88 Å². The lowest BCUT2D eigenvalue weighted by Crippen LogP contribution is -2.48. The maximum atomic E-state index is 13.2. The first kappa shape index (κ1) is 25.3. The Labute approximate surface area is 239 Å². The Kier molecular flexibility index (Phi) is 5.78. The Balaban J connectivity index is 1.23. The van der Waals surface area contributed by atoms with E-state index in [9.17, 15) is 19.5 Å². The topological polar surface area (TPSA) is 108 Å². The smallest absolute Gasteiger partial charge is 0.335 e. The van der Waals surface area contributed by atoms with Crippen molar-refractivity contribution in [2.75, 3.05) is 5.01 Å². The number of aromatic hydroxyl groups is 1. The van der Waals surface area contributed by atoms with E-state index in [2.05, 4.69) is 38.1 Å². The van der Waals surface area contributed by atoms with Crippen LogP contribution in [0.1, 0.15) is 56.6 Å². The molecule has 204 valence electrons. The summed E-state index contributed by atoms with van der Waals surface area (Å²) in [5, 5.41) is 16.8. The number of halogens is 1. The maximum Gasteiger partial charge on any atom is 0.335 e. The highest BCUT2D eigenvalue weighted by Crippen LogP contribution is 2.60. The van der Waals surface area contributed by atoms with Crippen LogP contribution in [-0.4, -0.2) is 26.3 Å². The molecule has 0 saturated heterocycles. The lowest BCUT2D eigenvalue weighted by molar-refractivity contribution is -0.114. The van der Waals surface area contributed by atoms with Crippen molar-refractivity contribution in [1.82, 2.24) is 9.55 Å². The number of hydrogen-bond donors (Lipinski definition) is 2. The van der Waals surface area contributed by atoms with Gasteiger partial charge in [-0.05, 0) is 117 Å². The Morgan fingerprint density at radius 1 is 0.925 bits per heavy atom. The second-order valence-corrected chi connectivity index (χ2v) is 12.8. The minimum atomic E-state index is -0.779. The van der Waals surface area contributed by atoms with Gasteiger partial charge >= 0.3 is 5.69 Å². The van der Waals surface area contributed by atoms with Gasteiger partial charge in [-0.1, -0.05) is 28.1 Å². The van der Waals surface area contributed by atoms with Crippen LogP contribution in [-0.2, 0) is 10.2 Å². The molecule has 4 aliphatic carbocycles. The van der Waals surface area contributed by atoms with Crippen LogP contribution >= 0.6 is 15.9 Å². The molecule has 3 aromatic rings. The molecular weight excluding hydrogens is 572 g/mol. The SMILES string of the molecule is CC1=NN(c2ccc(Br)cc2)C(=O)/C1=C/c1c(O)n(-c2ccc(C34CC5CC(CC(C5)C3)C4)cc2)c(=O)[nH]c1=O. The average molecular weight is 602 g/mol. The van der Waals surface area contributed by atoms with Crippen LogP contribution in [0.25, 0.3) is 11.8 Å². The van der Waals surface area contributed by atoms with Crippen molar-refractivity contribution in [1.29, 1.82) is 0 Å². The largest absolute Gasteiger partial charge is 0.494 e. The molecule has 8 nitrogen and oxygen atoms in total. The molecule has 8 rings (SSSR count). The third-order valence-electron chi connectivity index (χ3n) is 9.32. The number of aromatic amines is 1. The predicted octanol–water partition coefficient (Wildman–Crippen LogP) is 5.27. The van der Waals surface area contributed by atoms with Crippen LogP contribution in [0.3, 0.4) is 0 Å². The third-order valence-corrected chi connectivity index (χ3v) is 9.85. The summed E-state index contributed by atoms with van der Waals surface area (Å²) in [7, 11) is 0. The summed E-state index contributed by atoms with van der Waals surface area (Å²) in [6, 6.07) is 14.9. The van der Waals surface area contributed by atoms with Gasteiger partial charge in [0.15, 0.2) is 0 Å². The highest BCUT2D eigenvalue weighted by Gasteiger charge is 2.51. The molecular formula is C31H29BrN4O4. The van der Waals surface area contributed by atoms with E-state index in [1.54, 1.807) is 31.2 Å². The van der Waals surface area contributed by atoms with Crippen molar-refractivity contribution < 1.29 is 9.90 Å². The molecule has 40 heavy (non-hydrogen) atoms. The number of rotatable bonds is 4. The Morgan fingerprint density at radius 2 is 1.50 bits per heavy atom. The number of carbonyl (C=O) groups excluding carboxylic acids is 1. The van der Waals surface area contributed by atoms with Gasteiger partial charge in [0.25, 0.3) is 11.5 Å². The van der Waals surface area contributed by atoms with Crippen LogP contribution in [0.2, 0.25) is 0 Å². The van der Waals surface area contributed by atoms with Crippen LogP contribution in [0.15, 0.2) is 73.3 Å². The van der Waals surface area contributed by atoms with Gasteiger partial charge in [0.1, 0.15) is 5.56 Å². The quantitative estimate of drug-likeness (QED) is 0.398. The van der Waals surface area contributed by atoms with Gasteiger partial charge in [-0.2, -0.15) is 10.1 Å². The van der Waals surface area contributed by atoms with Crippen LogP contribution in [0, 0.1) is 17.8 Å². The van der Waals surface area contributed by atoms with E-state index >= 15 is 0 Å². The van der Waals surface area contributed by atoms with Gasteiger partial charge in [-0.3, -0.25) is 14.6 Å². The minimum absolute atomic E-state index is 0.158. The van der Waals surface area contributed by atoms with E-state index in [0.717, 1.165) is 26.8 Å². The van der Waals surface area contributed by atoms with Gasteiger partial charge in [0, 0.05) is 4.47 Å². The summed E-state index contributed by atoms with van der Waals surface area (Å²) in [4.78, 5) is 41.2. The molecule has 4 fully saturated rings. The molecule has 2 heterocycles. The fraction of sp³-hybridized carbons (Fsp3) is 0.355. The van der Waals surface area contributed by atoms with E-state index in [0.29, 0.717) is 17.1 Å². The minimum Gasteiger partial charge on any atom is -0.494 e. The van der Waals surface area contributed by atoms with Crippen molar-refractivity contribution in [3.63, 3.8) is 0 Å². The molecule has 2 aromatic carbocycles. The number of aromatic nitrogens is 2. The Morgan fingerprint density at radius 3 is 2.10 bits per heavy atom. The first-order valence-electron chi connectivity index (χ1n) is 13.8. The molecule has 9 heteroatoms. The molecule has 1 aliphatic heterocycles. The number of nitrogens with zero attached hydrogens (tertiary/aromatic N) is 3. The monoisotopic (exact) mass is 600 g/mol. The zero-order valence-electron chi connectivity index (χ0n) is 22.1. The lowest BCUT2D eigenvalue weighted by atomic mass is 9.48. The van der Waals surface area contributed by atoms with E-state index < -0.39 is 23.0 Å². The summed E-state index contributed by atoms with van der Waals surface area (Å²) in [5.41, 5.74) is 1.37. The maximum absolute atomic E-state index is 13.2. The summed E-state index contributed by atoms with van der Waals surface area (Å²) in [6.07, 6.45) is 9.08. The lowest BCUT2D eigenvalue weighted by Gasteiger charge is -2.57. The summed E-state index contributed by atoms with van der Waals surface area (Å²) in [6.45, 7) is 1.66. The Bertz CT molecular complexity index is 1680. The van der Waals surface area contributed by atoms with E-state index in [-0.39, 0.29) is 16.6 Å². The summed E-state index contributed by atoms with van der Waals surface area (Å²) in [5.74, 6) is 1.50. The van der Waals surface area contributed by atoms with E-state index in [1.165, 1.54) is 55.2 Å². The molecule has 1 aromatic heterocycles. The average Bonchev–Trinajstić information content (AvgIpc) is 3.19.